The highest BCUT2D eigenvalue weighted by atomic mass is 16.5. The smallest absolute Gasteiger partial charge is 0.217 e. The van der Waals surface area contributed by atoms with Crippen LogP contribution in [0.2, 0.25) is 0 Å². The summed E-state index contributed by atoms with van der Waals surface area (Å²) in [5, 5.41) is 0. The first kappa shape index (κ1) is 10.2. The topological polar surface area (TPSA) is 21.6 Å². The molecule has 1 heterocycles. The Morgan fingerprint density at radius 1 is 1.00 bits per heavy atom. The standard InChI is InChI=1S/C13H17NO/c1-12(2)13(3,4)15-11(14-12)10-8-6-5-7-9-10/h5-9H,1-4H3. The lowest BCUT2D eigenvalue weighted by molar-refractivity contribution is 0.0619. The number of hydrogen-bond acceptors (Lipinski definition) is 2. The van der Waals surface area contributed by atoms with Crippen LogP contribution in [0.1, 0.15) is 33.3 Å². The fourth-order valence-electron chi connectivity index (χ4n) is 1.48. The van der Waals surface area contributed by atoms with Crippen molar-refractivity contribution in [2.45, 2.75) is 38.8 Å². The van der Waals surface area contributed by atoms with Crippen molar-refractivity contribution >= 4 is 5.90 Å². The third kappa shape index (κ3) is 1.65. The van der Waals surface area contributed by atoms with Gasteiger partial charge in [0.05, 0.1) is 5.54 Å². The van der Waals surface area contributed by atoms with Crippen molar-refractivity contribution in [3.05, 3.63) is 35.9 Å². The maximum Gasteiger partial charge on any atom is 0.217 e. The van der Waals surface area contributed by atoms with Crippen molar-refractivity contribution in [3.8, 4) is 0 Å². The first-order valence-electron chi connectivity index (χ1n) is 5.27. The van der Waals surface area contributed by atoms with Gasteiger partial charge in [-0.15, -0.1) is 0 Å². The van der Waals surface area contributed by atoms with E-state index in [2.05, 4.69) is 32.7 Å². The van der Waals surface area contributed by atoms with Gasteiger partial charge in [0.1, 0.15) is 5.60 Å². The second-order valence-electron chi connectivity index (χ2n) is 4.95. The third-order valence-corrected chi connectivity index (χ3v) is 3.23. The van der Waals surface area contributed by atoms with Crippen LogP contribution in [0.4, 0.5) is 0 Å². The van der Waals surface area contributed by atoms with E-state index in [0.29, 0.717) is 0 Å². The first-order chi connectivity index (χ1) is 6.92. The molecule has 0 saturated heterocycles. The molecule has 15 heavy (non-hydrogen) atoms. The third-order valence-electron chi connectivity index (χ3n) is 3.23. The van der Waals surface area contributed by atoms with Gasteiger partial charge in [0.2, 0.25) is 5.90 Å². The largest absolute Gasteiger partial charge is 0.469 e. The van der Waals surface area contributed by atoms with Gasteiger partial charge in [0.25, 0.3) is 0 Å². The second-order valence-corrected chi connectivity index (χ2v) is 4.95. The van der Waals surface area contributed by atoms with Crippen molar-refractivity contribution in [2.75, 3.05) is 0 Å². The van der Waals surface area contributed by atoms with Gasteiger partial charge >= 0.3 is 0 Å². The van der Waals surface area contributed by atoms with Gasteiger partial charge < -0.3 is 4.74 Å². The molecule has 1 aliphatic rings. The molecule has 1 aliphatic heterocycles. The summed E-state index contributed by atoms with van der Waals surface area (Å²) in [6.07, 6.45) is 0. The molecule has 0 amide bonds. The second kappa shape index (κ2) is 3.09. The lowest BCUT2D eigenvalue weighted by atomic mass is 9.87. The molecular formula is C13H17NO. The zero-order valence-electron chi connectivity index (χ0n) is 9.74. The fourth-order valence-corrected chi connectivity index (χ4v) is 1.48. The van der Waals surface area contributed by atoms with E-state index in [1.54, 1.807) is 0 Å². The molecule has 0 radical (unpaired) electrons. The summed E-state index contributed by atoms with van der Waals surface area (Å²) < 4.78 is 5.90. The van der Waals surface area contributed by atoms with Crippen LogP contribution in [0, 0.1) is 0 Å². The van der Waals surface area contributed by atoms with Crippen molar-refractivity contribution in [1.82, 2.24) is 0 Å². The van der Waals surface area contributed by atoms with Crippen molar-refractivity contribution in [3.63, 3.8) is 0 Å². The Hall–Kier alpha value is -1.31. The summed E-state index contributed by atoms with van der Waals surface area (Å²) in [5.74, 6) is 0.755. The maximum atomic E-state index is 5.90. The van der Waals surface area contributed by atoms with Gasteiger partial charge in [-0.1, -0.05) is 18.2 Å². The molecule has 0 bridgehead atoms. The van der Waals surface area contributed by atoms with Crippen molar-refractivity contribution in [1.29, 1.82) is 0 Å². The van der Waals surface area contributed by atoms with Gasteiger partial charge in [-0.3, -0.25) is 0 Å². The molecule has 1 aromatic rings. The van der Waals surface area contributed by atoms with Gasteiger partial charge in [-0.05, 0) is 39.8 Å². The number of ether oxygens (including phenoxy) is 1. The lowest BCUT2D eigenvalue weighted by Gasteiger charge is -2.30. The molecule has 0 N–H and O–H groups in total. The highest BCUT2D eigenvalue weighted by Gasteiger charge is 2.45. The summed E-state index contributed by atoms with van der Waals surface area (Å²) in [4.78, 5) is 4.64. The molecule has 0 unspecified atom stereocenters. The molecule has 0 saturated carbocycles. The van der Waals surface area contributed by atoms with Gasteiger partial charge in [-0.2, -0.15) is 0 Å². The molecule has 0 atom stereocenters. The number of benzene rings is 1. The van der Waals surface area contributed by atoms with Crippen LogP contribution in [-0.2, 0) is 4.74 Å². The quantitative estimate of drug-likeness (QED) is 0.687. The van der Waals surface area contributed by atoms with Crippen LogP contribution in [0.25, 0.3) is 0 Å². The molecular weight excluding hydrogens is 186 g/mol. The van der Waals surface area contributed by atoms with Gasteiger partial charge in [0, 0.05) is 5.56 Å². The summed E-state index contributed by atoms with van der Waals surface area (Å²) in [5.41, 5.74) is 0.646. The Morgan fingerprint density at radius 2 is 1.60 bits per heavy atom. The molecule has 1 aromatic carbocycles. The predicted molar refractivity (Wildman–Crippen MR) is 62.2 cm³/mol. The van der Waals surface area contributed by atoms with Gasteiger partial charge in [-0.25, -0.2) is 4.99 Å². The minimum absolute atomic E-state index is 0.168. The molecule has 0 aliphatic carbocycles. The highest BCUT2D eigenvalue weighted by molar-refractivity contribution is 5.95. The number of hydrogen-bond donors (Lipinski definition) is 0. The molecule has 0 aromatic heterocycles. The van der Waals surface area contributed by atoms with Crippen LogP contribution >= 0.6 is 0 Å². The number of nitrogens with zero attached hydrogens (tertiary/aromatic N) is 1. The molecule has 0 fully saturated rings. The normalized spacial score (nSPS) is 22.0. The van der Waals surface area contributed by atoms with Gasteiger partial charge in [0.15, 0.2) is 0 Å². The van der Waals surface area contributed by atoms with Crippen LogP contribution in [-0.4, -0.2) is 17.0 Å². The molecule has 0 spiro atoms. The maximum absolute atomic E-state index is 5.90. The Kier molecular flexibility index (Phi) is 2.10. The minimum Gasteiger partial charge on any atom is -0.469 e. The van der Waals surface area contributed by atoms with E-state index in [-0.39, 0.29) is 11.1 Å². The fraction of sp³-hybridized carbons (Fsp3) is 0.462. The number of aliphatic imine (C=N–C) groups is 1. The van der Waals surface area contributed by atoms with Crippen molar-refractivity contribution < 1.29 is 4.74 Å². The highest BCUT2D eigenvalue weighted by Crippen LogP contribution is 2.36. The Morgan fingerprint density at radius 3 is 2.07 bits per heavy atom. The van der Waals surface area contributed by atoms with Crippen LogP contribution in [0.3, 0.4) is 0 Å². The number of rotatable bonds is 1. The Balaban J connectivity index is 2.37. The first-order valence-corrected chi connectivity index (χ1v) is 5.27. The van der Waals surface area contributed by atoms with E-state index >= 15 is 0 Å². The van der Waals surface area contributed by atoms with E-state index in [4.69, 9.17) is 4.74 Å². The average Bonchev–Trinajstić information content (AvgIpc) is 2.38. The van der Waals surface area contributed by atoms with E-state index in [1.807, 2.05) is 30.3 Å². The van der Waals surface area contributed by atoms with E-state index in [1.165, 1.54) is 0 Å². The lowest BCUT2D eigenvalue weighted by Crippen LogP contribution is -2.41. The summed E-state index contributed by atoms with van der Waals surface area (Å²) in [6.45, 7) is 8.35. The van der Waals surface area contributed by atoms with E-state index < -0.39 is 0 Å². The molecule has 2 nitrogen and oxygen atoms in total. The molecule has 2 heteroatoms. The van der Waals surface area contributed by atoms with Crippen LogP contribution < -0.4 is 0 Å². The summed E-state index contributed by atoms with van der Waals surface area (Å²) in [6, 6.07) is 10.0. The van der Waals surface area contributed by atoms with E-state index in [9.17, 15) is 0 Å². The minimum atomic E-state index is -0.238. The van der Waals surface area contributed by atoms with E-state index in [0.717, 1.165) is 11.5 Å². The zero-order valence-corrected chi connectivity index (χ0v) is 9.74. The predicted octanol–water partition coefficient (Wildman–Crippen LogP) is 3.02. The van der Waals surface area contributed by atoms with Crippen molar-refractivity contribution in [2.24, 2.45) is 4.99 Å². The SMILES string of the molecule is CC1(C)N=C(c2ccccc2)OC1(C)C. The summed E-state index contributed by atoms with van der Waals surface area (Å²) >= 11 is 0. The van der Waals surface area contributed by atoms with Crippen LogP contribution in [0.5, 0.6) is 0 Å². The molecule has 80 valence electrons. The Labute approximate surface area is 91.0 Å². The zero-order chi connectivity index (χ0) is 11.1. The van der Waals surface area contributed by atoms with Crippen LogP contribution in [0.15, 0.2) is 35.3 Å². The monoisotopic (exact) mass is 203 g/mol. The molecule has 2 rings (SSSR count). The summed E-state index contributed by atoms with van der Waals surface area (Å²) in [7, 11) is 0. The Bertz CT molecular complexity index is 390. The average molecular weight is 203 g/mol.